The summed E-state index contributed by atoms with van der Waals surface area (Å²) in [5.41, 5.74) is 6.55. The molecule has 0 bridgehead atoms. The van der Waals surface area contributed by atoms with Crippen molar-refractivity contribution in [1.82, 2.24) is 0 Å². The van der Waals surface area contributed by atoms with Crippen LogP contribution in [0.3, 0.4) is 0 Å². The van der Waals surface area contributed by atoms with Crippen molar-refractivity contribution in [3.05, 3.63) is 18.2 Å². The number of nitrogen functional groups attached to an aromatic ring is 1. The van der Waals surface area contributed by atoms with Crippen LogP contribution in [-0.4, -0.2) is 37.1 Å². The van der Waals surface area contributed by atoms with Gasteiger partial charge in [-0.2, -0.15) is 0 Å². The van der Waals surface area contributed by atoms with Crippen LogP contribution in [0.15, 0.2) is 18.2 Å². The van der Waals surface area contributed by atoms with Gasteiger partial charge in [0.05, 0.1) is 24.6 Å². The SMILES string of the molecule is CCOc1cccc(NCC2(O)CCOC2)c1N. The summed E-state index contributed by atoms with van der Waals surface area (Å²) in [6, 6.07) is 5.58. The van der Waals surface area contributed by atoms with Crippen molar-refractivity contribution in [3.8, 4) is 5.75 Å². The lowest BCUT2D eigenvalue weighted by Crippen LogP contribution is -2.37. The summed E-state index contributed by atoms with van der Waals surface area (Å²) in [5, 5.41) is 13.3. The monoisotopic (exact) mass is 252 g/mol. The van der Waals surface area contributed by atoms with Crippen LogP contribution in [0.5, 0.6) is 5.75 Å². The fourth-order valence-electron chi connectivity index (χ4n) is 1.98. The molecule has 0 amide bonds. The third-order valence-corrected chi connectivity index (χ3v) is 3.06. The van der Waals surface area contributed by atoms with Gasteiger partial charge in [0.1, 0.15) is 11.4 Å². The van der Waals surface area contributed by atoms with E-state index in [4.69, 9.17) is 15.2 Å². The summed E-state index contributed by atoms with van der Waals surface area (Å²) in [4.78, 5) is 0. The van der Waals surface area contributed by atoms with E-state index >= 15 is 0 Å². The van der Waals surface area contributed by atoms with E-state index in [2.05, 4.69) is 5.32 Å². The van der Waals surface area contributed by atoms with E-state index in [0.29, 0.717) is 44.2 Å². The summed E-state index contributed by atoms with van der Waals surface area (Å²) in [7, 11) is 0. The Balaban J connectivity index is 2.02. The van der Waals surface area contributed by atoms with E-state index in [1.807, 2.05) is 25.1 Å². The summed E-state index contributed by atoms with van der Waals surface area (Å²) < 4.78 is 10.6. The molecule has 2 rings (SSSR count). The first-order chi connectivity index (χ1) is 8.64. The van der Waals surface area contributed by atoms with Gasteiger partial charge in [0, 0.05) is 19.6 Å². The van der Waals surface area contributed by atoms with Crippen LogP contribution in [-0.2, 0) is 4.74 Å². The van der Waals surface area contributed by atoms with Crippen molar-refractivity contribution in [2.75, 3.05) is 37.4 Å². The number of benzene rings is 1. The zero-order chi connectivity index (χ0) is 13.0. The maximum atomic E-state index is 10.2. The third-order valence-electron chi connectivity index (χ3n) is 3.06. The molecule has 0 radical (unpaired) electrons. The predicted octanol–water partition coefficient (Wildman–Crippen LogP) is 1.23. The van der Waals surface area contributed by atoms with E-state index in [1.165, 1.54) is 0 Å². The minimum atomic E-state index is -0.798. The maximum absolute atomic E-state index is 10.2. The molecule has 4 N–H and O–H groups in total. The molecule has 0 spiro atoms. The molecule has 18 heavy (non-hydrogen) atoms. The molecule has 0 aromatic heterocycles. The van der Waals surface area contributed by atoms with E-state index in [0.717, 1.165) is 5.69 Å². The molecule has 1 saturated heterocycles. The van der Waals surface area contributed by atoms with Gasteiger partial charge in [-0.3, -0.25) is 0 Å². The number of ether oxygens (including phenoxy) is 2. The molecule has 1 heterocycles. The number of nitrogens with one attached hydrogen (secondary N) is 1. The predicted molar refractivity (Wildman–Crippen MR) is 70.9 cm³/mol. The zero-order valence-electron chi connectivity index (χ0n) is 10.6. The standard InChI is InChI=1S/C13H20N2O3/c1-2-18-11-5-3-4-10(12(11)14)15-8-13(16)6-7-17-9-13/h3-5,15-16H,2,6-9,14H2,1H3. The van der Waals surface area contributed by atoms with Gasteiger partial charge >= 0.3 is 0 Å². The molecule has 1 atom stereocenters. The van der Waals surface area contributed by atoms with E-state index in [1.54, 1.807) is 0 Å². The lowest BCUT2D eigenvalue weighted by Gasteiger charge is -2.22. The van der Waals surface area contributed by atoms with Gasteiger partial charge in [0.25, 0.3) is 0 Å². The van der Waals surface area contributed by atoms with Gasteiger partial charge in [-0.15, -0.1) is 0 Å². The van der Waals surface area contributed by atoms with Gasteiger partial charge in [-0.25, -0.2) is 0 Å². The highest BCUT2D eigenvalue weighted by atomic mass is 16.5. The molecule has 5 nitrogen and oxygen atoms in total. The summed E-state index contributed by atoms with van der Waals surface area (Å²) in [5.74, 6) is 0.664. The Morgan fingerprint density at radius 2 is 2.39 bits per heavy atom. The van der Waals surface area contributed by atoms with Crippen LogP contribution in [0.4, 0.5) is 11.4 Å². The van der Waals surface area contributed by atoms with Crippen LogP contribution >= 0.6 is 0 Å². The second-order valence-corrected chi connectivity index (χ2v) is 4.53. The first kappa shape index (κ1) is 13.0. The molecule has 1 unspecified atom stereocenters. The molecule has 1 aromatic carbocycles. The van der Waals surface area contributed by atoms with Crippen molar-refractivity contribution >= 4 is 11.4 Å². The number of hydrogen-bond donors (Lipinski definition) is 3. The minimum absolute atomic E-state index is 0.366. The highest BCUT2D eigenvalue weighted by Gasteiger charge is 2.32. The summed E-state index contributed by atoms with van der Waals surface area (Å²) >= 11 is 0. The number of aliphatic hydroxyl groups is 1. The van der Waals surface area contributed by atoms with Crippen molar-refractivity contribution in [1.29, 1.82) is 0 Å². The molecule has 1 aliphatic heterocycles. The number of nitrogens with two attached hydrogens (primary N) is 1. The molecule has 1 aromatic rings. The van der Waals surface area contributed by atoms with Gasteiger partial charge in [0.15, 0.2) is 0 Å². The summed E-state index contributed by atoms with van der Waals surface area (Å²) in [6.45, 7) is 3.88. The van der Waals surface area contributed by atoms with Crippen LogP contribution in [0, 0.1) is 0 Å². The Hall–Kier alpha value is -1.46. The minimum Gasteiger partial charge on any atom is -0.492 e. The molecular formula is C13H20N2O3. The van der Waals surface area contributed by atoms with Crippen LogP contribution in [0.2, 0.25) is 0 Å². The van der Waals surface area contributed by atoms with Gasteiger partial charge in [-0.05, 0) is 19.1 Å². The lowest BCUT2D eigenvalue weighted by atomic mass is 10.0. The zero-order valence-corrected chi connectivity index (χ0v) is 10.6. The average Bonchev–Trinajstić information content (AvgIpc) is 2.78. The van der Waals surface area contributed by atoms with Crippen LogP contribution in [0.25, 0.3) is 0 Å². The first-order valence-electron chi connectivity index (χ1n) is 6.20. The Morgan fingerprint density at radius 1 is 1.56 bits per heavy atom. The van der Waals surface area contributed by atoms with Gasteiger partial charge in [-0.1, -0.05) is 6.07 Å². The lowest BCUT2D eigenvalue weighted by molar-refractivity contribution is 0.0382. The Kier molecular flexibility index (Phi) is 3.93. The van der Waals surface area contributed by atoms with E-state index < -0.39 is 5.60 Å². The fraction of sp³-hybridized carbons (Fsp3) is 0.538. The van der Waals surface area contributed by atoms with Crippen molar-refractivity contribution in [3.63, 3.8) is 0 Å². The molecule has 0 aliphatic carbocycles. The quantitative estimate of drug-likeness (QED) is 0.687. The maximum Gasteiger partial charge on any atom is 0.144 e. The van der Waals surface area contributed by atoms with E-state index in [-0.39, 0.29) is 0 Å². The Labute approximate surface area is 107 Å². The Morgan fingerprint density at radius 3 is 3.06 bits per heavy atom. The molecule has 5 heteroatoms. The number of para-hydroxylation sites is 1. The molecule has 0 saturated carbocycles. The smallest absolute Gasteiger partial charge is 0.144 e. The fourth-order valence-corrected chi connectivity index (χ4v) is 1.98. The van der Waals surface area contributed by atoms with Crippen LogP contribution < -0.4 is 15.8 Å². The van der Waals surface area contributed by atoms with E-state index in [9.17, 15) is 5.11 Å². The molecular weight excluding hydrogens is 232 g/mol. The van der Waals surface area contributed by atoms with Gasteiger partial charge < -0.3 is 25.6 Å². The largest absolute Gasteiger partial charge is 0.492 e. The second kappa shape index (κ2) is 5.46. The number of anilines is 2. The molecule has 1 aliphatic rings. The first-order valence-corrected chi connectivity index (χ1v) is 6.20. The summed E-state index contributed by atoms with van der Waals surface area (Å²) in [6.07, 6.45) is 0.644. The van der Waals surface area contributed by atoms with Gasteiger partial charge in [0.2, 0.25) is 0 Å². The Bertz CT molecular complexity index is 403. The number of rotatable bonds is 5. The average molecular weight is 252 g/mol. The third kappa shape index (κ3) is 2.86. The highest BCUT2D eigenvalue weighted by Crippen LogP contribution is 2.30. The molecule has 1 fully saturated rings. The normalized spacial score (nSPS) is 23.0. The topological polar surface area (TPSA) is 76.7 Å². The van der Waals surface area contributed by atoms with Crippen molar-refractivity contribution < 1.29 is 14.6 Å². The van der Waals surface area contributed by atoms with Crippen LogP contribution in [0.1, 0.15) is 13.3 Å². The van der Waals surface area contributed by atoms with Crippen molar-refractivity contribution in [2.45, 2.75) is 18.9 Å². The second-order valence-electron chi connectivity index (χ2n) is 4.53. The molecule has 100 valence electrons. The highest BCUT2D eigenvalue weighted by molar-refractivity contribution is 5.73. The van der Waals surface area contributed by atoms with Crippen molar-refractivity contribution in [2.24, 2.45) is 0 Å². The number of hydrogen-bond acceptors (Lipinski definition) is 5.